The van der Waals surface area contributed by atoms with Crippen molar-refractivity contribution in [1.82, 2.24) is 0 Å². The first-order chi connectivity index (χ1) is 9.70. The van der Waals surface area contributed by atoms with E-state index in [0.717, 1.165) is 38.5 Å². The minimum Gasteiger partial charge on any atom is -0.390 e. The van der Waals surface area contributed by atoms with Crippen LogP contribution in [0.2, 0.25) is 0 Å². The molecule has 1 saturated carbocycles. The van der Waals surface area contributed by atoms with Gasteiger partial charge in [-0.2, -0.15) is 4.91 Å². The predicted octanol–water partition coefficient (Wildman–Crippen LogP) is 2.58. The third kappa shape index (κ3) is 5.01. The van der Waals surface area contributed by atoms with Crippen molar-refractivity contribution in [1.29, 1.82) is 0 Å². The van der Waals surface area contributed by atoms with Crippen LogP contribution in [0.15, 0.2) is 5.18 Å². The van der Waals surface area contributed by atoms with Gasteiger partial charge in [0.05, 0.1) is 5.60 Å². The van der Waals surface area contributed by atoms with Crippen LogP contribution in [-0.2, 0) is 0 Å². The molecule has 0 aromatic rings. The number of hydrogen-bond donors (Lipinski definition) is 3. The van der Waals surface area contributed by atoms with E-state index >= 15 is 0 Å². The summed E-state index contributed by atoms with van der Waals surface area (Å²) in [4.78, 5) is 10.6. The highest BCUT2D eigenvalue weighted by molar-refractivity contribution is 4.97. The highest BCUT2D eigenvalue weighted by Crippen LogP contribution is 2.45. The maximum Gasteiger partial charge on any atom is 0.111 e. The van der Waals surface area contributed by atoms with E-state index in [1.54, 1.807) is 0 Å². The average Bonchev–Trinajstić information content (AvgIpc) is 2.35. The molecule has 4 atom stereocenters. The van der Waals surface area contributed by atoms with Gasteiger partial charge in [-0.3, -0.25) is 0 Å². The number of nitroso groups, excluding NO2 is 1. The lowest BCUT2D eigenvalue weighted by Crippen LogP contribution is -2.51. The zero-order valence-electron chi connectivity index (χ0n) is 13.8. The van der Waals surface area contributed by atoms with Gasteiger partial charge in [-0.25, -0.2) is 0 Å². The quantitative estimate of drug-likeness (QED) is 0.657. The molecule has 21 heavy (non-hydrogen) atoms. The average molecular weight is 300 g/mol. The molecule has 124 valence electrons. The summed E-state index contributed by atoms with van der Waals surface area (Å²) in [6.07, 6.45) is 6.19. The third-order valence-electron chi connectivity index (χ3n) is 5.13. The van der Waals surface area contributed by atoms with Crippen LogP contribution in [0, 0.1) is 16.2 Å². The van der Waals surface area contributed by atoms with E-state index in [1.165, 1.54) is 0 Å². The zero-order chi connectivity index (χ0) is 16.1. The number of aliphatic hydroxyl groups is 2. The first kappa shape index (κ1) is 18.5. The Morgan fingerprint density at radius 1 is 1.43 bits per heavy atom. The molecular weight excluding hydrogens is 268 g/mol. The van der Waals surface area contributed by atoms with Crippen molar-refractivity contribution in [2.75, 3.05) is 13.1 Å². The Kier molecular flexibility index (Phi) is 6.32. The topological polar surface area (TPSA) is 95.9 Å². The fraction of sp³-hybridized carbons (Fsp3) is 1.00. The van der Waals surface area contributed by atoms with Crippen molar-refractivity contribution in [2.45, 2.75) is 76.9 Å². The summed E-state index contributed by atoms with van der Waals surface area (Å²) in [5.74, 6) is -0.179. The minimum atomic E-state index is -1.29. The van der Waals surface area contributed by atoms with Crippen molar-refractivity contribution < 1.29 is 10.2 Å². The van der Waals surface area contributed by atoms with E-state index < -0.39 is 11.2 Å². The van der Waals surface area contributed by atoms with Gasteiger partial charge in [0.25, 0.3) is 0 Å². The highest BCUT2D eigenvalue weighted by Gasteiger charge is 2.43. The second kappa shape index (κ2) is 7.16. The van der Waals surface area contributed by atoms with Crippen LogP contribution in [0.3, 0.4) is 0 Å². The van der Waals surface area contributed by atoms with Crippen LogP contribution in [0.4, 0.5) is 0 Å². The molecule has 0 aromatic carbocycles. The van der Waals surface area contributed by atoms with E-state index in [9.17, 15) is 15.1 Å². The van der Waals surface area contributed by atoms with Crippen LogP contribution < -0.4 is 5.73 Å². The minimum absolute atomic E-state index is 0.00567. The second-order valence-corrected chi connectivity index (χ2v) is 7.62. The summed E-state index contributed by atoms with van der Waals surface area (Å²) in [6, 6.07) is 0. The molecule has 5 heteroatoms. The lowest BCUT2D eigenvalue weighted by Gasteiger charge is -2.44. The zero-order valence-corrected chi connectivity index (χ0v) is 13.8. The maximum absolute atomic E-state index is 10.8. The first-order valence-electron chi connectivity index (χ1n) is 8.14. The van der Waals surface area contributed by atoms with Gasteiger partial charge in [0, 0.05) is 6.54 Å². The molecule has 0 heterocycles. The van der Waals surface area contributed by atoms with Crippen molar-refractivity contribution in [2.24, 2.45) is 22.2 Å². The lowest BCUT2D eigenvalue weighted by molar-refractivity contribution is -0.0799. The van der Waals surface area contributed by atoms with Gasteiger partial charge in [-0.1, -0.05) is 31.9 Å². The number of nitrogens with zero attached hydrogens (tertiary/aromatic N) is 1. The van der Waals surface area contributed by atoms with Gasteiger partial charge < -0.3 is 15.9 Å². The standard InChI is InChI=1S/C16H32N2O3/c1-4-7-14(2)8-5-6-13(9-15(3,19)10-14)16(20,11-17)12-18-21/h13,19-20H,4-12,17H2,1-3H3. The molecule has 0 saturated heterocycles. The molecule has 4 unspecified atom stereocenters. The maximum atomic E-state index is 10.8. The lowest BCUT2D eigenvalue weighted by atomic mass is 9.65. The molecule has 0 amide bonds. The van der Waals surface area contributed by atoms with Crippen molar-refractivity contribution in [3.8, 4) is 0 Å². The SMILES string of the molecule is CCCC1(C)CCCC(C(O)(CN)CN=O)CC(C)(O)C1. The number of hydrogen-bond acceptors (Lipinski definition) is 5. The van der Waals surface area contributed by atoms with E-state index in [-0.39, 0.29) is 24.4 Å². The molecular formula is C16H32N2O3. The summed E-state index contributed by atoms with van der Waals surface area (Å²) in [5, 5.41) is 24.2. The Morgan fingerprint density at radius 3 is 2.62 bits per heavy atom. The molecule has 1 aliphatic rings. The molecule has 4 N–H and O–H groups in total. The van der Waals surface area contributed by atoms with Crippen LogP contribution in [0.5, 0.6) is 0 Å². The van der Waals surface area contributed by atoms with Gasteiger partial charge in [-0.15, -0.1) is 0 Å². The molecule has 1 fully saturated rings. The fourth-order valence-electron chi connectivity index (χ4n) is 4.24. The Morgan fingerprint density at radius 2 is 2.10 bits per heavy atom. The molecule has 1 aliphatic carbocycles. The largest absolute Gasteiger partial charge is 0.390 e. The Labute approximate surface area is 128 Å². The number of rotatable bonds is 6. The van der Waals surface area contributed by atoms with Gasteiger partial charge in [0.2, 0.25) is 0 Å². The molecule has 0 radical (unpaired) electrons. The summed E-state index contributed by atoms with van der Waals surface area (Å²) in [7, 11) is 0. The Hall–Kier alpha value is -0.520. The Bertz CT molecular complexity index is 348. The monoisotopic (exact) mass is 300 g/mol. The predicted molar refractivity (Wildman–Crippen MR) is 84.9 cm³/mol. The number of nitrogens with two attached hydrogens (primary N) is 1. The van der Waals surface area contributed by atoms with Crippen molar-refractivity contribution in [3.63, 3.8) is 0 Å². The van der Waals surface area contributed by atoms with Crippen LogP contribution in [-0.4, -0.2) is 34.5 Å². The molecule has 0 aliphatic heterocycles. The molecule has 5 nitrogen and oxygen atoms in total. The summed E-state index contributed by atoms with van der Waals surface area (Å²) < 4.78 is 0. The Balaban J connectivity index is 2.90. The summed E-state index contributed by atoms with van der Waals surface area (Å²) in [6.45, 7) is 6.06. The van der Waals surface area contributed by atoms with Gasteiger partial charge >= 0.3 is 0 Å². The summed E-state index contributed by atoms with van der Waals surface area (Å²) in [5.41, 5.74) is 3.69. The fourth-order valence-corrected chi connectivity index (χ4v) is 4.24. The first-order valence-corrected chi connectivity index (χ1v) is 8.14. The van der Waals surface area contributed by atoms with E-state index in [1.807, 2.05) is 6.92 Å². The van der Waals surface area contributed by atoms with Crippen LogP contribution >= 0.6 is 0 Å². The van der Waals surface area contributed by atoms with Gasteiger partial charge in [0.15, 0.2) is 0 Å². The molecule has 0 aromatic heterocycles. The normalized spacial score (nSPS) is 37.3. The molecule has 0 bridgehead atoms. The van der Waals surface area contributed by atoms with E-state index in [4.69, 9.17) is 5.73 Å². The van der Waals surface area contributed by atoms with Crippen LogP contribution in [0.1, 0.15) is 65.7 Å². The third-order valence-corrected chi connectivity index (χ3v) is 5.13. The second-order valence-electron chi connectivity index (χ2n) is 7.62. The van der Waals surface area contributed by atoms with E-state index in [2.05, 4.69) is 19.0 Å². The van der Waals surface area contributed by atoms with E-state index in [0.29, 0.717) is 6.42 Å². The van der Waals surface area contributed by atoms with Gasteiger partial charge in [-0.05, 0) is 50.4 Å². The van der Waals surface area contributed by atoms with Crippen molar-refractivity contribution >= 4 is 0 Å². The molecule has 1 rings (SSSR count). The summed E-state index contributed by atoms with van der Waals surface area (Å²) >= 11 is 0. The molecule has 0 spiro atoms. The smallest absolute Gasteiger partial charge is 0.111 e. The van der Waals surface area contributed by atoms with Crippen LogP contribution in [0.25, 0.3) is 0 Å². The van der Waals surface area contributed by atoms with Crippen molar-refractivity contribution in [3.05, 3.63) is 4.91 Å². The van der Waals surface area contributed by atoms with Gasteiger partial charge in [0.1, 0.15) is 12.1 Å². The highest BCUT2D eigenvalue weighted by atomic mass is 16.3.